The van der Waals surface area contributed by atoms with E-state index in [2.05, 4.69) is 9.47 Å². The van der Waals surface area contributed by atoms with Gasteiger partial charge >= 0.3 is 24.6 Å². The summed E-state index contributed by atoms with van der Waals surface area (Å²) in [4.78, 5) is 0. The third kappa shape index (κ3) is 5.92. The van der Waals surface area contributed by atoms with Crippen molar-refractivity contribution in [1.82, 2.24) is 0 Å². The minimum absolute atomic E-state index is 0.214. The predicted octanol–water partition coefficient (Wildman–Crippen LogP) is 3.52. The Kier molecular flexibility index (Phi) is 6.88. The van der Waals surface area contributed by atoms with Crippen LogP contribution in [0.15, 0.2) is 18.2 Å². The molecule has 3 N–H and O–H groups in total. The van der Waals surface area contributed by atoms with Crippen molar-refractivity contribution in [3.05, 3.63) is 18.2 Å². The average Bonchev–Trinajstić information content (AvgIpc) is 2.51. The zero-order valence-corrected chi connectivity index (χ0v) is 13.2. The molecule has 0 saturated heterocycles. The molecule has 0 heterocycles. The molecule has 1 atom stereocenters. The molecule has 1 unspecified atom stereocenters. The Morgan fingerprint density at radius 3 is 1.82 bits per heavy atom. The van der Waals surface area contributed by atoms with Crippen molar-refractivity contribution in [3.8, 4) is 11.5 Å². The van der Waals surface area contributed by atoms with Crippen molar-refractivity contribution in [1.29, 1.82) is 0 Å². The first-order valence-electron chi connectivity index (χ1n) is 6.94. The van der Waals surface area contributed by atoms with Gasteiger partial charge in [0, 0.05) is 12.6 Å². The van der Waals surface area contributed by atoms with E-state index in [0.717, 1.165) is 0 Å². The molecule has 0 spiro atoms. The SMILES string of the molecule is OCC(O)CNc1cc(OC(F)(F)C(F)(F)F)ccc1OC(F)(F)C(F)(F)F. The summed E-state index contributed by atoms with van der Waals surface area (Å²) < 4.78 is 132. The van der Waals surface area contributed by atoms with Crippen molar-refractivity contribution in [2.24, 2.45) is 0 Å². The molecular weight excluding hydrogens is 424 g/mol. The molecule has 162 valence electrons. The van der Waals surface area contributed by atoms with Crippen molar-refractivity contribution in [3.63, 3.8) is 0 Å². The third-order valence-electron chi connectivity index (χ3n) is 2.83. The monoisotopic (exact) mass is 435 g/mol. The maximum atomic E-state index is 13.0. The number of alkyl halides is 10. The summed E-state index contributed by atoms with van der Waals surface area (Å²) in [6.45, 7) is -1.62. The first-order valence-corrected chi connectivity index (χ1v) is 6.94. The van der Waals surface area contributed by atoms with Gasteiger partial charge < -0.3 is 25.0 Å². The second-order valence-electron chi connectivity index (χ2n) is 5.11. The summed E-state index contributed by atoms with van der Waals surface area (Å²) in [5, 5.41) is 19.7. The smallest absolute Gasteiger partial charge is 0.426 e. The summed E-state index contributed by atoms with van der Waals surface area (Å²) >= 11 is 0. The first-order chi connectivity index (χ1) is 12.5. The quantitative estimate of drug-likeness (QED) is 0.546. The Morgan fingerprint density at radius 2 is 1.36 bits per heavy atom. The van der Waals surface area contributed by atoms with Crippen molar-refractivity contribution >= 4 is 5.69 Å². The number of aliphatic hydroxyl groups is 2. The van der Waals surface area contributed by atoms with Crippen LogP contribution in [0, 0.1) is 0 Å². The minimum Gasteiger partial charge on any atom is -0.426 e. The number of ether oxygens (including phenoxy) is 2. The van der Waals surface area contributed by atoms with Gasteiger partial charge in [0.15, 0.2) is 0 Å². The summed E-state index contributed by atoms with van der Waals surface area (Å²) in [6.07, 6.45) is -25.3. The number of anilines is 1. The van der Waals surface area contributed by atoms with Crippen LogP contribution >= 0.6 is 0 Å². The fourth-order valence-corrected chi connectivity index (χ4v) is 1.49. The lowest BCUT2D eigenvalue weighted by atomic mass is 10.2. The van der Waals surface area contributed by atoms with Gasteiger partial charge in [0.2, 0.25) is 0 Å². The highest BCUT2D eigenvalue weighted by Gasteiger charge is 2.62. The molecule has 1 rings (SSSR count). The van der Waals surface area contributed by atoms with E-state index in [1.54, 1.807) is 0 Å². The lowest BCUT2D eigenvalue weighted by Gasteiger charge is -2.24. The zero-order chi connectivity index (χ0) is 22.0. The maximum Gasteiger partial charge on any atom is 0.499 e. The Balaban J connectivity index is 3.22. The second kappa shape index (κ2) is 8.06. The highest BCUT2D eigenvalue weighted by atomic mass is 19.4. The zero-order valence-electron chi connectivity index (χ0n) is 13.2. The van der Waals surface area contributed by atoms with Crippen LogP contribution in [0.4, 0.5) is 49.6 Å². The number of halogens is 10. The molecular formula is C13H11F10NO4. The van der Waals surface area contributed by atoms with Crippen LogP contribution in [-0.2, 0) is 0 Å². The average molecular weight is 435 g/mol. The number of hydrogen-bond acceptors (Lipinski definition) is 5. The van der Waals surface area contributed by atoms with E-state index in [4.69, 9.17) is 10.2 Å². The highest BCUT2D eigenvalue weighted by Crippen LogP contribution is 2.42. The molecule has 0 aliphatic heterocycles. The molecule has 0 bridgehead atoms. The number of aliphatic hydroxyl groups excluding tert-OH is 2. The van der Waals surface area contributed by atoms with Gasteiger partial charge in [-0.25, -0.2) is 0 Å². The molecule has 15 heteroatoms. The second-order valence-corrected chi connectivity index (χ2v) is 5.11. The van der Waals surface area contributed by atoms with E-state index in [1.165, 1.54) is 0 Å². The molecule has 0 radical (unpaired) electrons. The van der Waals surface area contributed by atoms with E-state index in [9.17, 15) is 43.9 Å². The van der Waals surface area contributed by atoms with Gasteiger partial charge in [-0.2, -0.15) is 43.9 Å². The molecule has 28 heavy (non-hydrogen) atoms. The molecule has 0 saturated carbocycles. The number of hydrogen-bond donors (Lipinski definition) is 3. The molecule has 0 fully saturated rings. The summed E-state index contributed by atoms with van der Waals surface area (Å²) in [5.74, 6) is -2.58. The molecule has 1 aromatic rings. The van der Waals surface area contributed by atoms with E-state index in [-0.39, 0.29) is 18.2 Å². The summed E-state index contributed by atoms with van der Waals surface area (Å²) in [7, 11) is 0. The Hall–Kier alpha value is -2.16. The molecule has 0 aliphatic carbocycles. The molecule has 0 amide bonds. The van der Waals surface area contributed by atoms with Crippen molar-refractivity contribution in [2.45, 2.75) is 30.7 Å². The van der Waals surface area contributed by atoms with Gasteiger partial charge in [-0.05, 0) is 12.1 Å². The molecule has 1 aromatic carbocycles. The van der Waals surface area contributed by atoms with Gasteiger partial charge in [0.25, 0.3) is 0 Å². The normalized spacial score (nSPS) is 14.6. The van der Waals surface area contributed by atoms with Gasteiger partial charge in [-0.15, -0.1) is 0 Å². The maximum absolute atomic E-state index is 13.0. The third-order valence-corrected chi connectivity index (χ3v) is 2.83. The topological polar surface area (TPSA) is 71.0 Å². The highest BCUT2D eigenvalue weighted by molar-refractivity contribution is 5.60. The van der Waals surface area contributed by atoms with Crippen LogP contribution in [0.1, 0.15) is 0 Å². The van der Waals surface area contributed by atoms with Crippen LogP contribution in [0.25, 0.3) is 0 Å². The summed E-state index contributed by atoms with van der Waals surface area (Å²) in [6, 6.07) is 0.662. The standard InChI is InChI=1S/C13H11F10NO4/c14-10(15,16)12(20,21)27-7-1-2-9(28-13(22,23)11(17,18)19)8(3-7)24-4-6(26)5-25/h1-3,6,24-26H,4-5H2. The van der Waals surface area contributed by atoms with E-state index >= 15 is 0 Å². The van der Waals surface area contributed by atoms with Gasteiger partial charge in [0.05, 0.1) is 18.4 Å². The van der Waals surface area contributed by atoms with Crippen LogP contribution in [0.3, 0.4) is 0 Å². The number of rotatable bonds is 8. The van der Waals surface area contributed by atoms with Gasteiger partial charge in [-0.3, -0.25) is 0 Å². The molecule has 5 nitrogen and oxygen atoms in total. The number of nitrogens with one attached hydrogen (secondary N) is 1. The number of benzene rings is 1. The Labute approximate surface area is 149 Å². The summed E-state index contributed by atoms with van der Waals surface area (Å²) in [5.41, 5.74) is -0.952. The minimum atomic E-state index is -6.17. The van der Waals surface area contributed by atoms with Gasteiger partial charge in [0.1, 0.15) is 11.5 Å². The predicted molar refractivity (Wildman–Crippen MR) is 71.3 cm³/mol. The van der Waals surface area contributed by atoms with Gasteiger partial charge in [-0.1, -0.05) is 0 Å². The van der Waals surface area contributed by atoms with Crippen LogP contribution in [0.5, 0.6) is 11.5 Å². The van der Waals surface area contributed by atoms with Crippen LogP contribution in [0.2, 0.25) is 0 Å². The van der Waals surface area contributed by atoms with Crippen molar-refractivity contribution in [2.75, 3.05) is 18.5 Å². The first kappa shape index (κ1) is 23.9. The molecule has 0 aliphatic rings. The fourth-order valence-electron chi connectivity index (χ4n) is 1.49. The van der Waals surface area contributed by atoms with E-state index in [1.807, 2.05) is 5.32 Å². The Morgan fingerprint density at radius 1 is 0.857 bits per heavy atom. The van der Waals surface area contributed by atoms with Crippen LogP contribution in [-0.4, -0.2) is 54.0 Å². The van der Waals surface area contributed by atoms with E-state index < -0.39 is 61.0 Å². The Bertz CT molecular complexity index is 662. The largest absolute Gasteiger partial charge is 0.499 e. The lowest BCUT2D eigenvalue weighted by molar-refractivity contribution is -0.361. The molecule has 0 aromatic heterocycles. The van der Waals surface area contributed by atoms with Crippen LogP contribution < -0.4 is 14.8 Å². The van der Waals surface area contributed by atoms with Crippen molar-refractivity contribution < 1.29 is 63.6 Å². The fraction of sp³-hybridized carbons (Fsp3) is 0.538. The van der Waals surface area contributed by atoms with E-state index in [0.29, 0.717) is 0 Å². The lowest BCUT2D eigenvalue weighted by Crippen LogP contribution is -2.42.